The van der Waals surface area contributed by atoms with Crippen LogP contribution in [-0.2, 0) is 0 Å². The van der Waals surface area contributed by atoms with Crippen molar-refractivity contribution < 1.29 is 14.2 Å². The van der Waals surface area contributed by atoms with Gasteiger partial charge in [0.15, 0.2) is 0 Å². The fourth-order valence-electron chi connectivity index (χ4n) is 2.52. The quantitative estimate of drug-likeness (QED) is 0.744. The Kier molecular flexibility index (Phi) is 5.14. The third-order valence-corrected chi connectivity index (χ3v) is 3.96. The summed E-state index contributed by atoms with van der Waals surface area (Å²) in [4.78, 5) is 6.75. The maximum atomic E-state index is 12.3. The minimum Gasteiger partial charge on any atom is -0.491 e. The van der Waals surface area contributed by atoms with Gasteiger partial charge in [-0.25, -0.2) is 9.37 Å². The molecule has 4 nitrogen and oxygen atoms in total. The summed E-state index contributed by atoms with van der Waals surface area (Å²) in [5, 5.41) is 10.2. The van der Waals surface area contributed by atoms with Gasteiger partial charge in [0.25, 0.3) is 0 Å². The van der Waals surface area contributed by atoms with Crippen molar-refractivity contribution in [2.75, 3.05) is 32.3 Å². The summed E-state index contributed by atoms with van der Waals surface area (Å²) in [6.45, 7) is -0.878. The highest BCUT2D eigenvalue weighted by Gasteiger charge is 2.06. The molecule has 0 amide bonds. The zero-order valence-electron chi connectivity index (χ0n) is 14.3. The molecule has 0 aliphatic carbocycles. The summed E-state index contributed by atoms with van der Waals surface area (Å²) in [7, 11) is 4.02. The molecule has 5 heteroatoms. The van der Waals surface area contributed by atoms with E-state index in [9.17, 15) is 9.50 Å². The molecule has 3 aromatic rings. The number of rotatable bonds is 6. The summed E-state index contributed by atoms with van der Waals surface area (Å²) in [5.74, 6) is 0.588. The second-order valence-corrected chi connectivity index (χ2v) is 6.11. The number of benzene rings is 2. The monoisotopic (exact) mass is 339 g/mol. The molecular formula is C20H21FN2O2. The molecular weight excluding hydrogens is 318 g/mol. The molecule has 0 radical (unpaired) electrons. The molecule has 0 aliphatic rings. The van der Waals surface area contributed by atoms with Gasteiger partial charge in [-0.2, -0.15) is 0 Å². The maximum Gasteiger partial charge on any atom is 0.120 e. The van der Waals surface area contributed by atoms with E-state index in [4.69, 9.17) is 9.72 Å². The van der Waals surface area contributed by atoms with Crippen molar-refractivity contribution in [3.63, 3.8) is 0 Å². The molecule has 0 saturated carbocycles. The van der Waals surface area contributed by atoms with Gasteiger partial charge in [0, 0.05) is 30.7 Å². The van der Waals surface area contributed by atoms with Gasteiger partial charge in [-0.1, -0.05) is 18.2 Å². The van der Waals surface area contributed by atoms with Crippen LogP contribution in [0.2, 0.25) is 0 Å². The Bertz CT molecular complexity index is 850. The molecule has 130 valence electrons. The molecule has 1 atom stereocenters. The molecule has 2 aromatic carbocycles. The van der Waals surface area contributed by atoms with Gasteiger partial charge in [-0.15, -0.1) is 0 Å². The largest absolute Gasteiger partial charge is 0.491 e. The normalized spacial score (nSPS) is 12.2. The van der Waals surface area contributed by atoms with E-state index in [1.165, 1.54) is 0 Å². The first-order valence-electron chi connectivity index (χ1n) is 8.12. The van der Waals surface area contributed by atoms with Crippen molar-refractivity contribution in [3.05, 3.63) is 54.6 Å². The predicted octanol–water partition coefficient (Wildman–Crippen LogP) is 3.68. The first kappa shape index (κ1) is 17.2. The molecule has 3 rings (SSSR count). The Hall–Kier alpha value is -2.66. The van der Waals surface area contributed by atoms with E-state index in [1.807, 2.05) is 38.4 Å². The van der Waals surface area contributed by atoms with Crippen molar-refractivity contribution in [2.45, 2.75) is 6.10 Å². The summed E-state index contributed by atoms with van der Waals surface area (Å²) in [6, 6.07) is 17.7. The summed E-state index contributed by atoms with van der Waals surface area (Å²) in [5.41, 5.74) is 3.95. The number of aliphatic hydroxyl groups excluding tert-OH is 1. The van der Waals surface area contributed by atoms with Gasteiger partial charge < -0.3 is 14.7 Å². The van der Waals surface area contributed by atoms with Crippen molar-refractivity contribution in [1.82, 2.24) is 4.98 Å². The predicted molar refractivity (Wildman–Crippen MR) is 99.0 cm³/mol. The molecule has 0 saturated heterocycles. The van der Waals surface area contributed by atoms with Crippen LogP contribution in [0, 0.1) is 0 Å². The SMILES string of the molecule is CN(C)c1ccc(-c2ccc3cc(OC[C@H](O)C[18F])ccc3n2)cc1. The minimum atomic E-state index is -1.10. The van der Waals surface area contributed by atoms with E-state index in [0.717, 1.165) is 27.8 Å². The van der Waals surface area contributed by atoms with Crippen LogP contribution in [-0.4, -0.2) is 43.6 Å². The Labute approximate surface area is 146 Å². The van der Waals surface area contributed by atoms with Crippen LogP contribution in [0.4, 0.5) is 10.1 Å². The minimum absolute atomic E-state index is 0.0637. The van der Waals surface area contributed by atoms with Crippen molar-refractivity contribution >= 4 is 16.6 Å². The van der Waals surface area contributed by atoms with Crippen LogP contribution in [0.25, 0.3) is 22.2 Å². The highest BCUT2D eigenvalue weighted by molar-refractivity contribution is 5.83. The van der Waals surface area contributed by atoms with Crippen LogP contribution in [0.15, 0.2) is 54.6 Å². The van der Waals surface area contributed by atoms with E-state index in [1.54, 1.807) is 6.07 Å². The first-order chi connectivity index (χ1) is 12.1. The third kappa shape index (κ3) is 4.06. The van der Waals surface area contributed by atoms with E-state index < -0.39 is 12.8 Å². The van der Waals surface area contributed by atoms with E-state index >= 15 is 0 Å². The number of aliphatic hydroxyl groups is 1. The molecule has 0 aliphatic heterocycles. The Balaban J connectivity index is 1.82. The zero-order chi connectivity index (χ0) is 17.8. The highest BCUT2D eigenvalue weighted by atomic mass is 18.2. The van der Waals surface area contributed by atoms with Crippen molar-refractivity contribution in [2.24, 2.45) is 0 Å². The van der Waals surface area contributed by atoms with Gasteiger partial charge in [0.1, 0.15) is 25.1 Å². The molecule has 1 aromatic heterocycles. The van der Waals surface area contributed by atoms with Gasteiger partial charge in [-0.3, -0.25) is 0 Å². The lowest BCUT2D eigenvalue weighted by Gasteiger charge is -2.13. The lowest BCUT2D eigenvalue weighted by Crippen LogP contribution is -2.19. The number of nitrogens with zero attached hydrogens (tertiary/aromatic N) is 2. The molecule has 0 spiro atoms. The summed E-state index contributed by atoms with van der Waals surface area (Å²) >= 11 is 0. The lowest BCUT2D eigenvalue weighted by atomic mass is 10.1. The van der Waals surface area contributed by atoms with Gasteiger partial charge in [0.05, 0.1) is 11.2 Å². The summed E-state index contributed by atoms with van der Waals surface area (Å²) in [6.07, 6.45) is -1.10. The summed E-state index contributed by atoms with van der Waals surface area (Å²) < 4.78 is 17.7. The molecule has 1 N–H and O–H groups in total. The Morgan fingerprint density at radius 2 is 1.84 bits per heavy atom. The van der Waals surface area contributed by atoms with Crippen LogP contribution < -0.4 is 9.64 Å². The fourth-order valence-corrected chi connectivity index (χ4v) is 2.52. The third-order valence-electron chi connectivity index (χ3n) is 3.96. The van der Waals surface area contributed by atoms with Gasteiger partial charge in [-0.05, 0) is 36.4 Å². The van der Waals surface area contributed by atoms with Crippen LogP contribution in [0.1, 0.15) is 0 Å². The van der Waals surface area contributed by atoms with Crippen molar-refractivity contribution in [3.8, 4) is 17.0 Å². The second-order valence-electron chi connectivity index (χ2n) is 6.11. The number of aromatic nitrogens is 1. The molecule has 0 bridgehead atoms. The Morgan fingerprint density at radius 3 is 2.52 bits per heavy atom. The maximum absolute atomic E-state index is 12.3. The van der Waals surface area contributed by atoms with Gasteiger partial charge >= 0.3 is 0 Å². The van der Waals surface area contributed by atoms with Crippen LogP contribution in [0.3, 0.4) is 0 Å². The number of alkyl halides is 1. The smallest absolute Gasteiger partial charge is 0.120 e. The number of ether oxygens (including phenoxy) is 1. The average Bonchev–Trinajstić information content (AvgIpc) is 2.65. The first-order valence-corrected chi connectivity index (χ1v) is 8.12. The fraction of sp³-hybridized carbons (Fsp3) is 0.250. The topological polar surface area (TPSA) is 45.6 Å². The zero-order valence-corrected chi connectivity index (χ0v) is 14.3. The van der Waals surface area contributed by atoms with E-state index in [0.29, 0.717) is 5.75 Å². The van der Waals surface area contributed by atoms with Gasteiger partial charge in [0.2, 0.25) is 0 Å². The second kappa shape index (κ2) is 7.49. The van der Waals surface area contributed by atoms with E-state index in [2.05, 4.69) is 29.2 Å². The number of hydrogen-bond donors (Lipinski definition) is 1. The standard InChI is InChI=1S/C20H21FN2O2/c1-23(2)16-6-3-14(4-7-16)19-9-5-15-11-18(8-10-20(15)22-19)25-13-17(24)12-21/h3-11,17,24H,12-13H2,1-2H3/t17-/m1/s1/i21-1. The number of hydrogen-bond acceptors (Lipinski definition) is 4. The average molecular weight is 339 g/mol. The molecule has 0 unspecified atom stereocenters. The van der Waals surface area contributed by atoms with Crippen LogP contribution >= 0.6 is 0 Å². The van der Waals surface area contributed by atoms with Crippen molar-refractivity contribution in [1.29, 1.82) is 0 Å². The number of anilines is 1. The number of fused-ring (bicyclic) bond motifs is 1. The molecule has 0 fully saturated rings. The Morgan fingerprint density at radius 1 is 1.08 bits per heavy atom. The highest BCUT2D eigenvalue weighted by Crippen LogP contribution is 2.25. The van der Waals surface area contributed by atoms with Crippen LogP contribution in [0.5, 0.6) is 5.75 Å². The number of pyridine rings is 1. The molecule has 25 heavy (non-hydrogen) atoms. The molecule has 1 heterocycles. The van der Waals surface area contributed by atoms with E-state index in [-0.39, 0.29) is 6.61 Å². The number of halogens is 1. The lowest BCUT2D eigenvalue weighted by molar-refractivity contribution is 0.0842.